The van der Waals surface area contributed by atoms with Crippen LogP contribution >= 0.6 is 0 Å². The minimum absolute atomic E-state index is 0.706. The normalized spacial score (nSPS) is 11.5. The van der Waals surface area contributed by atoms with Gasteiger partial charge in [0.15, 0.2) is 11.6 Å². The Morgan fingerprint density at radius 3 is 0.796 bits per heavy atom. The third-order valence-corrected chi connectivity index (χ3v) is 26.2. The van der Waals surface area contributed by atoms with E-state index < -0.39 is 0 Å². The molecule has 0 saturated carbocycles. The molecule has 0 aliphatic carbocycles. The second-order valence-electron chi connectivity index (χ2n) is 34.5. The molecule has 0 spiro atoms. The monoisotopic (exact) mass is 1750 g/mol. The number of pyridine rings is 2. The first kappa shape index (κ1) is 80.6. The third kappa shape index (κ3) is 15.0. The SMILES string of the molecule is c1ccc(-c2cc(-c3ccc(-c4cc5c(oc6cccc(-c7ccccc7)c65)c5ccccc45)cc3)nc(-c3ccccc3)n2)cc1.c1ccc(-c2cc(-c3cccc(-c4cc5c(oc6cccc(-c7ccccc7)c65)c5ccccc45)c3)nc(-c3ccccc3)n2)cc1.c1ccc(-c2ccc3ccc4ccc(-c5cc6c(oc7cccc(-c8ccccc8)c76)c6ccccc56)nc4c3n2)cc1. The van der Waals surface area contributed by atoms with Crippen molar-refractivity contribution >= 4 is 120 Å². The minimum atomic E-state index is 0.706. The molecular weight excluding hydrogens is 1670 g/mol. The predicted octanol–water partition coefficient (Wildman–Crippen LogP) is 34.6. The van der Waals surface area contributed by atoms with E-state index in [-0.39, 0.29) is 0 Å². The topological polar surface area (TPSA) is 117 Å². The van der Waals surface area contributed by atoms with Gasteiger partial charge in [-0.1, -0.05) is 419 Å². The van der Waals surface area contributed by atoms with E-state index in [1.54, 1.807) is 0 Å². The summed E-state index contributed by atoms with van der Waals surface area (Å²) in [7, 11) is 0. The highest BCUT2D eigenvalue weighted by Crippen LogP contribution is 2.49. The number of aromatic nitrogens is 6. The van der Waals surface area contributed by atoms with Gasteiger partial charge in [0.05, 0.1) is 45.2 Å². The van der Waals surface area contributed by atoms with Crippen LogP contribution < -0.4 is 0 Å². The van der Waals surface area contributed by atoms with Gasteiger partial charge in [0.2, 0.25) is 0 Å². The van der Waals surface area contributed by atoms with E-state index in [2.05, 4.69) is 394 Å². The lowest BCUT2D eigenvalue weighted by Gasteiger charge is -2.12. The van der Waals surface area contributed by atoms with Crippen molar-refractivity contribution in [3.8, 4) is 146 Å². The number of hydrogen-bond acceptors (Lipinski definition) is 9. The number of rotatable bonds is 13. The first-order valence-corrected chi connectivity index (χ1v) is 46.2. The van der Waals surface area contributed by atoms with E-state index >= 15 is 0 Å². The lowest BCUT2D eigenvalue weighted by Crippen LogP contribution is -1.96. The van der Waals surface area contributed by atoms with Gasteiger partial charge in [-0.05, 0) is 139 Å². The molecule has 0 atom stereocenters. The van der Waals surface area contributed by atoms with Crippen molar-refractivity contribution in [3.05, 3.63) is 485 Å². The first-order valence-electron chi connectivity index (χ1n) is 46.2. The van der Waals surface area contributed by atoms with Crippen LogP contribution in [0.15, 0.2) is 499 Å². The van der Waals surface area contributed by atoms with Gasteiger partial charge in [-0.25, -0.2) is 29.9 Å². The van der Waals surface area contributed by atoms with Crippen molar-refractivity contribution in [2.45, 2.75) is 0 Å². The summed E-state index contributed by atoms with van der Waals surface area (Å²) in [5.41, 5.74) is 32.6. The van der Waals surface area contributed by atoms with E-state index in [1.165, 1.54) is 33.4 Å². The number of nitrogens with zero attached hydrogens (tertiary/aromatic N) is 6. The van der Waals surface area contributed by atoms with Crippen molar-refractivity contribution in [2.24, 2.45) is 0 Å². The number of benzene rings is 20. The molecule has 9 nitrogen and oxygen atoms in total. The number of furan rings is 3. The van der Waals surface area contributed by atoms with E-state index in [0.717, 1.165) is 221 Å². The lowest BCUT2D eigenvalue weighted by atomic mass is 9.92. The van der Waals surface area contributed by atoms with Crippen molar-refractivity contribution in [1.29, 1.82) is 0 Å². The summed E-state index contributed by atoms with van der Waals surface area (Å²) in [5.74, 6) is 1.42. The van der Waals surface area contributed by atoms with E-state index in [4.69, 9.17) is 43.2 Å². The van der Waals surface area contributed by atoms with E-state index in [9.17, 15) is 0 Å². The van der Waals surface area contributed by atoms with Crippen LogP contribution in [-0.2, 0) is 0 Å². The summed E-state index contributed by atoms with van der Waals surface area (Å²) in [6, 6.07) is 169. The van der Waals surface area contributed by atoms with Crippen LogP contribution in [0.3, 0.4) is 0 Å². The Hall–Kier alpha value is -18.4. The molecule has 9 heteroatoms. The van der Waals surface area contributed by atoms with Gasteiger partial charge in [0.1, 0.15) is 33.5 Å². The van der Waals surface area contributed by atoms with E-state index in [1.807, 2.05) is 91.0 Å². The molecule has 27 aromatic rings. The van der Waals surface area contributed by atoms with Crippen molar-refractivity contribution < 1.29 is 13.3 Å². The molecule has 0 amide bonds. The molecule has 137 heavy (non-hydrogen) atoms. The molecule has 0 unspecified atom stereocenters. The van der Waals surface area contributed by atoms with Gasteiger partial charge >= 0.3 is 0 Å². The highest BCUT2D eigenvalue weighted by Gasteiger charge is 2.25. The van der Waals surface area contributed by atoms with Gasteiger partial charge in [0, 0.05) is 104 Å². The molecule has 0 saturated heterocycles. The van der Waals surface area contributed by atoms with Gasteiger partial charge in [-0.15, -0.1) is 0 Å². The third-order valence-electron chi connectivity index (χ3n) is 26.2. The quantitative estimate of drug-likeness (QED) is 0.104. The molecule has 0 aliphatic rings. The molecule has 0 bridgehead atoms. The molecule has 640 valence electrons. The summed E-state index contributed by atoms with van der Waals surface area (Å²) in [6.07, 6.45) is 0. The fraction of sp³-hybridized carbons (Fsp3) is 0. The molecule has 0 aliphatic heterocycles. The predicted molar refractivity (Wildman–Crippen MR) is 566 cm³/mol. The standard InChI is InChI=1S/2C44H28N2O.C40H24N2O/c1-4-14-29(15-5-1)34-24-13-25-41-42(34)38-27-37(35-22-10-11-23-36(35)43(38)47-41)32-20-12-21-33(26-32)40-28-39(30-16-6-2-7-17-30)45-44(46-40)31-18-8-3-9-19-31;1-4-13-29(14-5-1)34-21-12-22-41-42(34)38-27-37(35-19-10-11-20-36(35)43(38)47-41)30-23-25-32(26-24-30)40-28-39(31-15-6-2-7-16-31)45-44(46-40)33-17-8-3-9-18-33;1-3-10-25(11-4-1)29-16-9-17-36-37(29)33-24-32(30-14-7-8-15-31(30)40(33)43-36)35-23-21-28-19-18-27-20-22-34(26-12-5-2-6-13-26)41-38(27)39(28)42-35/h2*1-28H;1-24H. The molecule has 20 aromatic carbocycles. The summed E-state index contributed by atoms with van der Waals surface area (Å²) in [6.45, 7) is 0. The van der Waals surface area contributed by atoms with Crippen molar-refractivity contribution in [2.75, 3.05) is 0 Å². The van der Waals surface area contributed by atoms with Gasteiger partial charge in [-0.2, -0.15) is 0 Å². The average Bonchev–Trinajstić information content (AvgIpc) is 1.60. The van der Waals surface area contributed by atoms with Crippen LogP contribution in [0.5, 0.6) is 0 Å². The van der Waals surface area contributed by atoms with Crippen LogP contribution in [0.25, 0.3) is 266 Å². The molecule has 0 fully saturated rings. The summed E-state index contributed by atoms with van der Waals surface area (Å²) in [4.78, 5) is 30.5. The Bertz CT molecular complexity index is 9180. The van der Waals surface area contributed by atoms with Crippen LogP contribution in [0.1, 0.15) is 0 Å². The molecule has 0 N–H and O–H groups in total. The van der Waals surface area contributed by atoms with Crippen LogP contribution in [0.2, 0.25) is 0 Å². The Morgan fingerprint density at radius 1 is 0.139 bits per heavy atom. The maximum absolute atomic E-state index is 6.61. The fourth-order valence-electron chi connectivity index (χ4n) is 19.7. The van der Waals surface area contributed by atoms with Crippen molar-refractivity contribution in [1.82, 2.24) is 29.9 Å². The number of fused-ring (bicyclic) bond motifs is 18. The van der Waals surface area contributed by atoms with Crippen LogP contribution in [0.4, 0.5) is 0 Å². The largest absolute Gasteiger partial charge is 0.455 e. The molecule has 7 aromatic heterocycles. The highest BCUT2D eigenvalue weighted by molar-refractivity contribution is 6.25. The van der Waals surface area contributed by atoms with Crippen LogP contribution in [-0.4, -0.2) is 29.9 Å². The average molecular weight is 1750 g/mol. The Morgan fingerprint density at radius 2 is 0.401 bits per heavy atom. The lowest BCUT2D eigenvalue weighted by molar-refractivity contribution is 0.672. The Labute approximate surface area is 788 Å². The Balaban J connectivity index is 0.000000109. The van der Waals surface area contributed by atoms with Gasteiger partial charge < -0.3 is 13.3 Å². The zero-order valence-corrected chi connectivity index (χ0v) is 74.1. The smallest absolute Gasteiger partial charge is 0.160 e. The first-order chi connectivity index (χ1) is 67.9. The molecule has 27 rings (SSSR count). The van der Waals surface area contributed by atoms with Crippen LogP contribution in [0, 0.1) is 0 Å². The molecular formula is C128H80N6O3. The fourth-order valence-corrected chi connectivity index (χ4v) is 19.7. The maximum Gasteiger partial charge on any atom is 0.160 e. The molecule has 7 heterocycles. The summed E-state index contributed by atoms with van der Waals surface area (Å²) < 4.78 is 19.8. The van der Waals surface area contributed by atoms with Crippen molar-refractivity contribution in [3.63, 3.8) is 0 Å². The summed E-state index contributed by atoms with van der Waals surface area (Å²) >= 11 is 0. The number of hydrogen-bond donors (Lipinski definition) is 0. The Kier molecular flexibility index (Phi) is 20.4. The zero-order chi connectivity index (χ0) is 90.6. The van der Waals surface area contributed by atoms with Gasteiger partial charge in [-0.3, -0.25) is 0 Å². The summed E-state index contributed by atoms with van der Waals surface area (Å²) in [5, 5.41) is 15.6. The second-order valence-corrected chi connectivity index (χ2v) is 34.5. The van der Waals surface area contributed by atoms with Gasteiger partial charge in [0.25, 0.3) is 0 Å². The zero-order valence-electron chi connectivity index (χ0n) is 74.1. The maximum atomic E-state index is 6.61. The highest BCUT2D eigenvalue weighted by atomic mass is 16.3. The second kappa shape index (κ2) is 34.7. The molecule has 0 radical (unpaired) electrons. The van der Waals surface area contributed by atoms with E-state index in [0.29, 0.717) is 11.6 Å². The minimum Gasteiger partial charge on any atom is -0.455 e.